The first-order valence-corrected chi connectivity index (χ1v) is 16.5. The van der Waals surface area contributed by atoms with Crippen LogP contribution >= 0.6 is 0 Å². The lowest BCUT2D eigenvalue weighted by Crippen LogP contribution is -2.53. The maximum absolute atomic E-state index is 13.6. The number of halogens is 3. The molecule has 0 radical (unpaired) electrons. The van der Waals surface area contributed by atoms with Gasteiger partial charge in [-0.15, -0.1) is 0 Å². The Kier molecular flexibility index (Phi) is 13.3. The molecule has 0 fully saturated rings. The van der Waals surface area contributed by atoms with Crippen LogP contribution in [0.3, 0.4) is 0 Å². The Balaban J connectivity index is 1.57. The number of ether oxygens (including phenoxy) is 4. The number of benzene rings is 4. The highest BCUT2D eigenvalue weighted by Gasteiger charge is 2.59. The molecule has 15 heteroatoms. The molecule has 0 saturated heterocycles. The first kappa shape index (κ1) is 40.7. The minimum atomic E-state index is -4.54. The number of carbonyl (C=O) groups is 5. The molecule has 0 bridgehead atoms. The number of hydrogen-bond acceptors (Lipinski definition) is 10. The van der Waals surface area contributed by atoms with Gasteiger partial charge in [-0.1, -0.05) is 66.7 Å². The van der Waals surface area contributed by atoms with Gasteiger partial charge in [-0.05, 0) is 60.9 Å². The van der Waals surface area contributed by atoms with Crippen LogP contribution in [0.25, 0.3) is 11.1 Å². The fourth-order valence-electron chi connectivity index (χ4n) is 5.33. The number of alkyl halides is 3. The highest BCUT2D eigenvalue weighted by atomic mass is 19.4. The summed E-state index contributed by atoms with van der Waals surface area (Å²) in [5.41, 5.74) is -2.88. The van der Waals surface area contributed by atoms with Crippen LogP contribution in [-0.2, 0) is 44.9 Å². The zero-order valence-electron chi connectivity index (χ0n) is 29.6. The summed E-state index contributed by atoms with van der Waals surface area (Å²) in [6.07, 6.45) is -6.37. The fourth-order valence-corrected chi connectivity index (χ4v) is 5.33. The van der Waals surface area contributed by atoms with Crippen LogP contribution in [-0.4, -0.2) is 73.8 Å². The molecule has 4 rings (SSSR count). The van der Waals surface area contributed by atoms with E-state index in [4.69, 9.17) is 18.9 Å². The first-order chi connectivity index (χ1) is 25.7. The Morgan fingerprint density at radius 3 is 1.87 bits per heavy atom. The van der Waals surface area contributed by atoms with Crippen molar-refractivity contribution in [3.63, 3.8) is 0 Å². The zero-order chi connectivity index (χ0) is 39.6. The van der Waals surface area contributed by atoms with Gasteiger partial charge in [-0.25, -0.2) is 14.4 Å². The van der Waals surface area contributed by atoms with E-state index in [2.05, 4.69) is 5.32 Å². The van der Waals surface area contributed by atoms with E-state index in [0.717, 1.165) is 12.1 Å². The van der Waals surface area contributed by atoms with Gasteiger partial charge in [-0.2, -0.15) is 13.2 Å². The van der Waals surface area contributed by atoms with E-state index in [9.17, 15) is 42.3 Å². The Labute approximate surface area is 308 Å². The van der Waals surface area contributed by atoms with Crippen molar-refractivity contribution in [1.29, 1.82) is 0 Å². The topological polar surface area (TPSA) is 158 Å². The number of anilines is 1. The number of carbonyl (C=O) groups excluding carboxylic acids is 5. The van der Waals surface area contributed by atoms with Crippen molar-refractivity contribution in [2.24, 2.45) is 0 Å². The highest BCUT2D eigenvalue weighted by Crippen LogP contribution is 2.33. The van der Waals surface area contributed by atoms with Crippen molar-refractivity contribution in [3.8, 4) is 11.1 Å². The van der Waals surface area contributed by atoms with Crippen LogP contribution in [0, 0.1) is 0 Å². The monoisotopic (exact) mass is 750 g/mol. The van der Waals surface area contributed by atoms with Gasteiger partial charge in [0.2, 0.25) is 0 Å². The zero-order valence-corrected chi connectivity index (χ0v) is 29.6. The number of esters is 3. The van der Waals surface area contributed by atoms with Crippen molar-refractivity contribution in [2.45, 2.75) is 31.7 Å². The molecule has 1 atom stereocenters. The summed E-state index contributed by atoms with van der Waals surface area (Å²) in [7, 11) is 2.91. The molecular weight excluding hydrogens is 713 g/mol. The SMILES string of the molecule is CCOC(=O)C(C(=O)OCC)(C(=O)OCOC(O)c1ccc(NC(=O)c2ccccc2-c2ccc(C(F)(F)F)cc2)c(C(=O)N(C)C)c1)c1ccccc1. The summed E-state index contributed by atoms with van der Waals surface area (Å²) in [5, 5.41) is 13.5. The number of aliphatic hydroxyl groups is 1. The molecule has 54 heavy (non-hydrogen) atoms. The predicted octanol–water partition coefficient (Wildman–Crippen LogP) is 5.90. The average Bonchev–Trinajstić information content (AvgIpc) is 3.15. The molecule has 1 unspecified atom stereocenters. The molecule has 0 aromatic heterocycles. The summed E-state index contributed by atoms with van der Waals surface area (Å²) in [4.78, 5) is 68.0. The van der Waals surface area contributed by atoms with Crippen molar-refractivity contribution in [3.05, 3.63) is 125 Å². The van der Waals surface area contributed by atoms with Gasteiger partial charge in [0.1, 0.15) is 0 Å². The summed E-state index contributed by atoms with van der Waals surface area (Å²) in [6.45, 7) is 1.65. The third-order valence-electron chi connectivity index (χ3n) is 8.00. The smallest absolute Gasteiger partial charge is 0.416 e. The van der Waals surface area contributed by atoms with E-state index < -0.39 is 60.0 Å². The molecule has 4 aromatic rings. The van der Waals surface area contributed by atoms with Gasteiger partial charge < -0.3 is 34.3 Å². The first-order valence-electron chi connectivity index (χ1n) is 16.5. The Morgan fingerprint density at radius 1 is 0.722 bits per heavy atom. The number of nitrogens with one attached hydrogen (secondary N) is 1. The molecule has 12 nitrogen and oxygen atoms in total. The quantitative estimate of drug-likeness (QED) is 0.0689. The molecule has 0 spiro atoms. The molecular formula is C39H37F3N2O10. The normalized spacial score (nSPS) is 11.9. The van der Waals surface area contributed by atoms with E-state index >= 15 is 0 Å². The van der Waals surface area contributed by atoms with E-state index in [1.54, 1.807) is 24.3 Å². The minimum absolute atomic E-state index is 0.00971. The molecule has 0 aliphatic carbocycles. The molecule has 2 N–H and O–H groups in total. The number of nitrogens with zero attached hydrogens (tertiary/aromatic N) is 1. The van der Waals surface area contributed by atoms with Gasteiger partial charge in [0, 0.05) is 25.2 Å². The maximum atomic E-state index is 13.6. The van der Waals surface area contributed by atoms with Crippen LogP contribution in [0.5, 0.6) is 0 Å². The number of hydrogen-bond donors (Lipinski definition) is 2. The van der Waals surface area contributed by atoms with E-state index in [1.807, 2.05) is 0 Å². The second kappa shape index (κ2) is 17.6. The Bertz CT molecular complexity index is 1960. The van der Waals surface area contributed by atoms with Gasteiger partial charge in [0.25, 0.3) is 17.2 Å². The lowest BCUT2D eigenvalue weighted by atomic mass is 9.80. The van der Waals surface area contributed by atoms with Crippen molar-refractivity contribution in [2.75, 3.05) is 39.4 Å². The number of rotatable bonds is 14. The second-order valence-electron chi connectivity index (χ2n) is 11.7. The van der Waals surface area contributed by atoms with Gasteiger partial charge in [0.15, 0.2) is 13.1 Å². The largest absolute Gasteiger partial charge is 0.464 e. The molecule has 0 heterocycles. The molecule has 0 aliphatic heterocycles. The lowest BCUT2D eigenvalue weighted by Gasteiger charge is -2.27. The Hall–Kier alpha value is -6.06. The van der Waals surface area contributed by atoms with Gasteiger partial charge in [-0.3, -0.25) is 9.59 Å². The molecule has 2 amide bonds. The van der Waals surface area contributed by atoms with Crippen LogP contribution in [0.2, 0.25) is 0 Å². The van der Waals surface area contributed by atoms with Crippen molar-refractivity contribution < 1.29 is 61.2 Å². The fraction of sp³-hybridized carbons (Fsp3) is 0.256. The number of aliphatic hydroxyl groups excluding tert-OH is 1. The van der Waals surface area contributed by atoms with Crippen LogP contribution in [0.4, 0.5) is 18.9 Å². The lowest BCUT2D eigenvalue weighted by molar-refractivity contribution is -0.197. The molecule has 0 saturated carbocycles. The summed E-state index contributed by atoms with van der Waals surface area (Å²) < 4.78 is 60.1. The second-order valence-corrected chi connectivity index (χ2v) is 11.7. The van der Waals surface area contributed by atoms with Gasteiger partial charge >= 0.3 is 24.1 Å². The van der Waals surface area contributed by atoms with Crippen molar-refractivity contribution >= 4 is 35.4 Å². The Morgan fingerprint density at radius 2 is 1.30 bits per heavy atom. The minimum Gasteiger partial charge on any atom is -0.464 e. The average molecular weight is 751 g/mol. The van der Waals surface area contributed by atoms with Crippen LogP contribution in [0.15, 0.2) is 97.1 Å². The van der Waals surface area contributed by atoms with Crippen LogP contribution < -0.4 is 5.32 Å². The van der Waals surface area contributed by atoms with Crippen molar-refractivity contribution in [1.82, 2.24) is 4.90 Å². The molecule has 4 aromatic carbocycles. The number of amides is 2. The van der Waals surface area contributed by atoms with E-state index in [-0.39, 0.29) is 41.2 Å². The summed E-state index contributed by atoms with van der Waals surface area (Å²) in [6, 6.07) is 21.7. The third-order valence-corrected chi connectivity index (χ3v) is 8.00. The summed E-state index contributed by atoms with van der Waals surface area (Å²) in [5.74, 6) is -5.15. The summed E-state index contributed by atoms with van der Waals surface area (Å²) >= 11 is 0. The van der Waals surface area contributed by atoms with E-state index in [0.29, 0.717) is 11.1 Å². The standard InChI is InChI=1S/C39H37F3N2O10/c1-5-51-35(48)38(36(49)52-6-2,26-12-8-7-9-13-26)37(50)54-23-53-34(47)25-18-21-31(30(22-25)33(46)44(3)4)43-32(45)29-15-11-10-14-28(29)24-16-19-27(20-17-24)39(40,41)42/h7-22,34,47H,5-6,23H2,1-4H3,(H,43,45). The van der Waals surface area contributed by atoms with E-state index in [1.165, 1.54) is 93.5 Å². The van der Waals surface area contributed by atoms with Gasteiger partial charge in [0.05, 0.1) is 30.0 Å². The maximum Gasteiger partial charge on any atom is 0.416 e. The highest BCUT2D eigenvalue weighted by molar-refractivity contribution is 6.24. The molecule has 284 valence electrons. The third kappa shape index (κ3) is 8.93. The van der Waals surface area contributed by atoms with Crippen LogP contribution in [0.1, 0.15) is 57.5 Å². The molecule has 0 aliphatic rings. The predicted molar refractivity (Wildman–Crippen MR) is 188 cm³/mol.